The maximum Gasteiger partial charge on any atom is 0.311 e. The van der Waals surface area contributed by atoms with Gasteiger partial charge >= 0.3 is 11.9 Å². The monoisotopic (exact) mass is 346 g/mol. The molecule has 0 aliphatic carbocycles. The number of esters is 2. The van der Waals surface area contributed by atoms with Crippen molar-refractivity contribution in [1.82, 2.24) is 0 Å². The molecule has 0 bridgehead atoms. The quantitative estimate of drug-likeness (QED) is 0.220. The van der Waals surface area contributed by atoms with Gasteiger partial charge in [-0.1, -0.05) is 51.7 Å². The average molecular weight is 346 g/mol. The molecular weight excluding hydrogens is 316 g/mol. The molecule has 25 heavy (non-hydrogen) atoms. The molecule has 0 heterocycles. The number of allylic oxidation sites excluding steroid dienone is 1. The summed E-state index contributed by atoms with van der Waals surface area (Å²) in [6.07, 6.45) is 8.84. The molecule has 4 nitrogen and oxygen atoms in total. The largest absolute Gasteiger partial charge is 0.423 e. The Morgan fingerprint density at radius 1 is 0.920 bits per heavy atom. The molecule has 0 fully saturated rings. The van der Waals surface area contributed by atoms with E-state index < -0.39 is 0 Å². The zero-order valence-electron chi connectivity index (χ0n) is 15.5. The lowest BCUT2D eigenvalue weighted by Crippen LogP contribution is -2.12. The second-order valence-corrected chi connectivity index (χ2v) is 6.14. The third kappa shape index (κ3) is 8.52. The van der Waals surface area contributed by atoms with Gasteiger partial charge in [-0.05, 0) is 37.0 Å². The first kappa shape index (κ1) is 20.9. The van der Waals surface area contributed by atoms with Crippen molar-refractivity contribution < 1.29 is 19.1 Å². The highest BCUT2D eigenvalue weighted by atomic mass is 16.6. The summed E-state index contributed by atoms with van der Waals surface area (Å²) in [5, 5.41) is 0. The van der Waals surface area contributed by atoms with Crippen LogP contribution in [0.3, 0.4) is 0 Å². The van der Waals surface area contributed by atoms with Crippen molar-refractivity contribution in [3.63, 3.8) is 0 Å². The zero-order valence-corrected chi connectivity index (χ0v) is 15.5. The van der Waals surface area contributed by atoms with E-state index in [0.29, 0.717) is 30.8 Å². The van der Waals surface area contributed by atoms with Crippen LogP contribution in [0, 0.1) is 0 Å². The van der Waals surface area contributed by atoms with E-state index in [0.717, 1.165) is 44.1 Å². The summed E-state index contributed by atoms with van der Waals surface area (Å²) in [5.41, 5.74) is 0.956. The maximum absolute atomic E-state index is 12.0. The molecule has 0 saturated heterocycles. The molecule has 0 N–H and O–H groups in total. The van der Waals surface area contributed by atoms with Crippen LogP contribution in [-0.2, 0) is 16.0 Å². The molecule has 1 rings (SSSR count). The summed E-state index contributed by atoms with van der Waals surface area (Å²) in [7, 11) is 0. The van der Waals surface area contributed by atoms with Crippen molar-refractivity contribution in [3.05, 3.63) is 36.4 Å². The summed E-state index contributed by atoms with van der Waals surface area (Å²) in [4.78, 5) is 24.0. The van der Waals surface area contributed by atoms with Gasteiger partial charge in [0, 0.05) is 12.8 Å². The van der Waals surface area contributed by atoms with E-state index in [4.69, 9.17) is 9.47 Å². The Morgan fingerprint density at radius 2 is 1.48 bits per heavy atom. The van der Waals surface area contributed by atoms with Gasteiger partial charge in [0.25, 0.3) is 0 Å². The number of unbranched alkanes of at least 4 members (excludes halogenated alkanes) is 4. The second kappa shape index (κ2) is 12.3. The fourth-order valence-electron chi connectivity index (χ4n) is 2.40. The lowest BCUT2D eigenvalue weighted by atomic mass is 10.1. The molecule has 0 aliphatic heterocycles. The molecule has 0 saturated carbocycles. The third-order valence-corrected chi connectivity index (χ3v) is 3.80. The van der Waals surface area contributed by atoms with Crippen molar-refractivity contribution >= 4 is 11.9 Å². The molecule has 0 spiro atoms. The smallest absolute Gasteiger partial charge is 0.311 e. The predicted molar refractivity (Wildman–Crippen MR) is 99.9 cm³/mol. The summed E-state index contributed by atoms with van der Waals surface area (Å²) >= 11 is 0. The molecule has 0 aromatic heterocycles. The van der Waals surface area contributed by atoms with Crippen LogP contribution in [0.1, 0.15) is 70.8 Å². The molecule has 0 amide bonds. The normalized spacial score (nSPS) is 10.3. The van der Waals surface area contributed by atoms with Crippen molar-refractivity contribution in [2.45, 2.75) is 71.6 Å². The number of hydrogen-bond donors (Lipinski definition) is 0. The van der Waals surface area contributed by atoms with Crippen LogP contribution in [-0.4, -0.2) is 11.9 Å². The van der Waals surface area contributed by atoms with Gasteiger partial charge in [0.05, 0.1) is 0 Å². The molecule has 4 heteroatoms. The Balaban J connectivity index is 2.78. The van der Waals surface area contributed by atoms with E-state index in [1.54, 1.807) is 18.2 Å². The Labute approximate surface area is 151 Å². The molecule has 138 valence electrons. The lowest BCUT2D eigenvalue weighted by molar-refractivity contribution is -0.137. The van der Waals surface area contributed by atoms with E-state index in [-0.39, 0.29) is 11.9 Å². The molecule has 0 atom stereocenters. The van der Waals surface area contributed by atoms with Crippen molar-refractivity contribution in [3.8, 4) is 11.5 Å². The second-order valence-electron chi connectivity index (χ2n) is 6.14. The first-order valence-electron chi connectivity index (χ1n) is 9.25. The molecule has 1 aromatic carbocycles. The Morgan fingerprint density at radius 3 is 2.00 bits per heavy atom. The number of ether oxygens (including phenoxy) is 2. The first-order chi connectivity index (χ1) is 12.1. The summed E-state index contributed by atoms with van der Waals surface area (Å²) in [6.45, 7) is 7.88. The predicted octanol–water partition coefficient (Wildman–Crippen LogP) is 5.39. The van der Waals surface area contributed by atoms with Gasteiger partial charge in [0.15, 0.2) is 11.5 Å². The topological polar surface area (TPSA) is 52.6 Å². The van der Waals surface area contributed by atoms with Crippen LogP contribution in [0.5, 0.6) is 11.5 Å². The van der Waals surface area contributed by atoms with Crippen LogP contribution in [0.25, 0.3) is 0 Å². The first-order valence-corrected chi connectivity index (χ1v) is 9.25. The summed E-state index contributed by atoms with van der Waals surface area (Å²) in [6, 6.07) is 5.28. The van der Waals surface area contributed by atoms with Gasteiger partial charge in [-0.3, -0.25) is 9.59 Å². The Hall–Kier alpha value is -2.10. The molecule has 0 aliphatic rings. The average Bonchev–Trinajstić information content (AvgIpc) is 2.58. The van der Waals surface area contributed by atoms with Crippen molar-refractivity contribution in [1.29, 1.82) is 0 Å². The van der Waals surface area contributed by atoms with Gasteiger partial charge in [-0.15, -0.1) is 6.58 Å². The van der Waals surface area contributed by atoms with Gasteiger partial charge in [0.2, 0.25) is 0 Å². The van der Waals surface area contributed by atoms with E-state index in [1.165, 1.54) is 0 Å². The number of carbonyl (C=O) groups excluding carboxylic acids is 2. The molecule has 0 radical (unpaired) electrons. The van der Waals surface area contributed by atoms with Gasteiger partial charge in [-0.2, -0.15) is 0 Å². The minimum atomic E-state index is -0.299. The van der Waals surface area contributed by atoms with Gasteiger partial charge in [0.1, 0.15) is 0 Å². The van der Waals surface area contributed by atoms with E-state index in [9.17, 15) is 9.59 Å². The highest BCUT2D eigenvalue weighted by molar-refractivity contribution is 5.76. The van der Waals surface area contributed by atoms with Crippen LogP contribution < -0.4 is 9.47 Å². The van der Waals surface area contributed by atoms with Gasteiger partial charge < -0.3 is 9.47 Å². The summed E-state index contributed by atoms with van der Waals surface area (Å²) in [5.74, 6) is 0.0172. The van der Waals surface area contributed by atoms with Crippen molar-refractivity contribution in [2.75, 3.05) is 0 Å². The van der Waals surface area contributed by atoms with E-state index in [2.05, 4.69) is 20.4 Å². The van der Waals surface area contributed by atoms with Gasteiger partial charge in [-0.25, -0.2) is 0 Å². The van der Waals surface area contributed by atoms with Crippen LogP contribution in [0.15, 0.2) is 30.9 Å². The number of rotatable bonds is 12. The fourth-order valence-corrected chi connectivity index (χ4v) is 2.40. The summed E-state index contributed by atoms with van der Waals surface area (Å²) < 4.78 is 10.9. The third-order valence-electron chi connectivity index (χ3n) is 3.80. The highest BCUT2D eigenvalue weighted by Crippen LogP contribution is 2.30. The minimum Gasteiger partial charge on any atom is -0.423 e. The number of hydrogen-bond acceptors (Lipinski definition) is 4. The van der Waals surface area contributed by atoms with E-state index in [1.807, 2.05) is 6.07 Å². The molecular formula is C21H30O4. The zero-order chi connectivity index (χ0) is 18.5. The van der Waals surface area contributed by atoms with Crippen LogP contribution >= 0.6 is 0 Å². The standard InChI is InChI=1S/C21H30O4/c1-4-7-9-12-20(22)24-18-15-14-17(11-6-3)16-19(18)25-21(23)13-10-8-5-2/h6,14-16H,3-5,7-13H2,1-2H3. The van der Waals surface area contributed by atoms with Crippen LogP contribution in [0.4, 0.5) is 0 Å². The Bertz CT molecular complexity index is 563. The maximum atomic E-state index is 12.0. The van der Waals surface area contributed by atoms with Crippen molar-refractivity contribution in [2.24, 2.45) is 0 Å². The lowest BCUT2D eigenvalue weighted by Gasteiger charge is -2.12. The molecule has 0 unspecified atom stereocenters. The minimum absolute atomic E-state index is 0.298. The van der Waals surface area contributed by atoms with E-state index >= 15 is 0 Å². The number of carbonyl (C=O) groups is 2. The number of benzene rings is 1. The Kier molecular flexibility index (Phi) is 10.3. The fraction of sp³-hybridized carbons (Fsp3) is 0.524. The highest BCUT2D eigenvalue weighted by Gasteiger charge is 2.14. The SMILES string of the molecule is C=CCc1ccc(OC(=O)CCCCC)c(OC(=O)CCCCC)c1. The molecule has 1 aromatic rings. The van der Waals surface area contributed by atoms with Crippen LogP contribution in [0.2, 0.25) is 0 Å².